The van der Waals surface area contributed by atoms with E-state index in [2.05, 4.69) is 6.58 Å². The van der Waals surface area contributed by atoms with Crippen LogP contribution in [-0.2, 0) is 28.4 Å². The first-order valence-electron chi connectivity index (χ1n) is 6.87. The summed E-state index contributed by atoms with van der Waals surface area (Å²) in [7, 11) is 0. The van der Waals surface area contributed by atoms with Crippen LogP contribution in [0.1, 0.15) is 27.7 Å². The third kappa shape index (κ3) is 2.25. The van der Waals surface area contributed by atoms with E-state index < -0.39 is 23.5 Å². The van der Waals surface area contributed by atoms with Crippen LogP contribution in [-0.4, -0.2) is 48.9 Å². The number of rotatable bonds is 3. The molecule has 3 aliphatic heterocycles. The smallest absolute Gasteiger partial charge is 0.235 e. The Hall–Kier alpha value is -0.660. The number of ether oxygens (including phenoxy) is 6. The van der Waals surface area contributed by atoms with Gasteiger partial charge in [-0.3, -0.25) is 0 Å². The highest BCUT2D eigenvalue weighted by molar-refractivity contribution is 5.03. The first kappa shape index (κ1) is 14.3. The normalized spacial score (nSPS) is 44.7. The van der Waals surface area contributed by atoms with E-state index in [4.69, 9.17) is 28.4 Å². The molecule has 0 aromatic rings. The summed E-state index contributed by atoms with van der Waals surface area (Å²) in [5.41, 5.74) is 0. The van der Waals surface area contributed by atoms with Crippen molar-refractivity contribution in [3.63, 3.8) is 0 Å². The monoisotopic (exact) mass is 286 g/mol. The fraction of sp³-hybridized carbons (Fsp3) is 0.857. The summed E-state index contributed by atoms with van der Waals surface area (Å²) in [5.74, 6) is -2.40. The molecule has 0 bridgehead atoms. The Kier molecular flexibility index (Phi) is 3.15. The van der Waals surface area contributed by atoms with Gasteiger partial charge < -0.3 is 28.4 Å². The van der Waals surface area contributed by atoms with Crippen LogP contribution in [0, 0.1) is 0 Å². The molecule has 3 saturated heterocycles. The topological polar surface area (TPSA) is 55.4 Å². The highest BCUT2D eigenvalue weighted by Crippen LogP contribution is 2.47. The second kappa shape index (κ2) is 4.42. The van der Waals surface area contributed by atoms with Crippen LogP contribution in [0.5, 0.6) is 0 Å². The van der Waals surface area contributed by atoms with E-state index in [0.717, 1.165) is 0 Å². The van der Waals surface area contributed by atoms with Crippen molar-refractivity contribution in [2.45, 2.75) is 63.4 Å². The van der Waals surface area contributed by atoms with Gasteiger partial charge in [0.05, 0.1) is 12.9 Å². The minimum atomic E-state index is -0.983. The maximum atomic E-state index is 5.99. The first-order chi connectivity index (χ1) is 9.27. The third-order valence-electron chi connectivity index (χ3n) is 3.68. The van der Waals surface area contributed by atoms with E-state index >= 15 is 0 Å². The maximum absolute atomic E-state index is 5.99. The lowest BCUT2D eigenvalue weighted by molar-refractivity contribution is -0.294. The molecule has 0 aromatic heterocycles. The van der Waals surface area contributed by atoms with Gasteiger partial charge in [0.1, 0.15) is 24.9 Å². The zero-order valence-corrected chi connectivity index (χ0v) is 12.4. The predicted octanol–water partition coefficient (Wildman–Crippen LogP) is 1.54. The molecule has 3 aliphatic rings. The average molecular weight is 286 g/mol. The summed E-state index contributed by atoms with van der Waals surface area (Å²) in [6.45, 7) is 11.6. The summed E-state index contributed by atoms with van der Waals surface area (Å²) in [4.78, 5) is 0. The van der Waals surface area contributed by atoms with Crippen LogP contribution in [0.15, 0.2) is 12.8 Å². The zero-order chi connectivity index (χ0) is 14.6. The highest BCUT2D eigenvalue weighted by Gasteiger charge is 2.65. The van der Waals surface area contributed by atoms with Crippen molar-refractivity contribution in [2.24, 2.45) is 0 Å². The molecule has 3 rings (SSSR count). The summed E-state index contributed by atoms with van der Waals surface area (Å²) in [5, 5.41) is 0. The van der Waals surface area contributed by atoms with Crippen LogP contribution in [0.3, 0.4) is 0 Å². The van der Waals surface area contributed by atoms with Crippen LogP contribution in [0.4, 0.5) is 0 Å². The van der Waals surface area contributed by atoms with E-state index in [0.29, 0.717) is 6.61 Å². The molecule has 4 atom stereocenters. The Morgan fingerprint density at radius 3 is 2.60 bits per heavy atom. The van der Waals surface area contributed by atoms with E-state index in [1.165, 1.54) is 6.26 Å². The van der Waals surface area contributed by atoms with Gasteiger partial charge in [0.25, 0.3) is 0 Å². The Morgan fingerprint density at radius 1 is 1.15 bits per heavy atom. The van der Waals surface area contributed by atoms with E-state index in [-0.39, 0.29) is 18.8 Å². The molecule has 0 saturated carbocycles. The van der Waals surface area contributed by atoms with E-state index in [1.54, 1.807) is 0 Å². The Bertz CT molecular complexity index is 406. The van der Waals surface area contributed by atoms with Crippen molar-refractivity contribution < 1.29 is 28.4 Å². The van der Waals surface area contributed by atoms with Crippen LogP contribution < -0.4 is 0 Å². The molecule has 0 radical (unpaired) electrons. The van der Waals surface area contributed by atoms with Gasteiger partial charge in [0, 0.05) is 0 Å². The lowest BCUT2D eigenvalue weighted by Crippen LogP contribution is -2.60. The van der Waals surface area contributed by atoms with Gasteiger partial charge in [-0.05, 0) is 27.7 Å². The van der Waals surface area contributed by atoms with Gasteiger partial charge in [-0.15, -0.1) is 0 Å². The lowest BCUT2D eigenvalue weighted by atomic mass is 9.97. The Balaban J connectivity index is 1.87. The quantitative estimate of drug-likeness (QED) is 0.734. The second-order valence-electron chi connectivity index (χ2n) is 6.28. The minimum absolute atomic E-state index is 0.163. The molecule has 0 amide bonds. The van der Waals surface area contributed by atoms with Crippen molar-refractivity contribution in [1.82, 2.24) is 0 Å². The minimum Gasteiger partial charge on any atom is -0.496 e. The molecule has 20 heavy (non-hydrogen) atoms. The SMILES string of the molecule is C=COCC12OCC3OC(C)(C)OC3C1OC(C)(C)O2. The van der Waals surface area contributed by atoms with Crippen molar-refractivity contribution in [2.75, 3.05) is 13.2 Å². The Morgan fingerprint density at radius 2 is 1.90 bits per heavy atom. The maximum Gasteiger partial charge on any atom is 0.235 e. The van der Waals surface area contributed by atoms with E-state index in [9.17, 15) is 0 Å². The van der Waals surface area contributed by atoms with E-state index in [1.807, 2.05) is 27.7 Å². The third-order valence-corrected chi connectivity index (χ3v) is 3.68. The van der Waals surface area contributed by atoms with Crippen molar-refractivity contribution in [3.8, 4) is 0 Å². The summed E-state index contributed by atoms with van der Waals surface area (Å²) >= 11 is 0. The van der Waals surface area contributed by atoms with Crippen LogP contribution in [0.2, 0.25) is 0 Å². The van der Waals surface area contributed by atoms with Gasteiger partial charge in [-0.1, -0.05) is 6.58 Å². The van der Waals surface area contributed by atoms with Crippen LogP contribution in [0.25, 0.3) is 0 Å². The van der Waals surface area contributed by atoms with Gasteiger partial charge in [-0.25, -0.2) is 0 Å². The summed E-state index contributed by atoms with van der Waals surface area (Å²) < 4.78 is 35.0. The van der Waals surface area contributed by atoms with Gasteiger partial charge >= 0.3 is 0 Å². The summed E-state index contributed by atoms with van der Waals surface area (Å²) in [6.07, 6.45) is 0.558. The highest BCUT2D eigenvalue weighted by atomic mass is 16.9. The van der Waals surface area contributed by atoms with Crippen molar-refractivity contribution in [1.29, 1.82) is 0 Å². The first-order valence-corrected chi connectivity index (χ1v) is 6.87. The number of hydrogen-bond donors (Lipinski definition) is 0. The molecule has 4 unspecified atom stereocenters. The number of hydrogen-bond acceptors (Lipinski definition) is 6. The lowest BCUT2D eigenvalue weighted by Gasteiger charge is -2.40. The molecule has 3 fully saturated rings. The second-order valence-corrected chi connectivity index (χ2v) is 6.28. The molecular formula is C14H22O6. The van der Waals surface area contributed by atoms with Gasteiger partial charge in [0.2, 0.25) is 5.79 Å². The van der Waals surface area contributed by atoms with Crippen molar-refractivity contribution in [3.05, 3.63) is 12.8 Å². The fourth-order valence-electron chi connectivity index (χ4n) is 3.12. The standard InChI is InChI=1S/C14H22O6/c1-6-15-8-14-11(19-13(4,5)20-14)10-9(7-16-14)17-12(2,3)18-10/h6,9-11H,1,7-8H2,2-5H3. The van der Waals surface area contributed by atoms with Crippen molar-refractivity contribution >= 4 is 0 Å². The Labute approximate surface area is 118 Å². The molecule has 6 heteroatoms. The molecule has 0 N–H and O–H groups in total. The van der Waals surface area contributed by atoms with Gasteiger partial charge in [-0.2, -0.15) is 0 Å². The molecule has 3 heterocycles. The molecule has 0 aliphatic carbocycles. The predicted molar refractivity (Wildman–Crippen MR) is 68.7 cm³/mol. The fourth-order valence-corrected chi connectivity index (χ4v) is 3.12. The average Bonchev–Trinajstić information content (AvgIpc) is 2.78. The zero-order valence-electron chi connectivity index (χ0n) is 12.4. The molecule has 6 nitrogen and oxygen atoms in total. The molecule has 0 aromatic carbocycles. The molecule has 114 valence electrons. The number of fused-ring (bicyclic) bond motifs is 3. The van der Waals surface area contributed by atoms with Gasteiger partial charge in [0.15, 0.2) is 11.6 Å². The largest absolute Gasteiger partial charge is 0.496 e. The summed E-state index contributed by atoms with van der Waals surface area (Å²) in [6, 6.07) is 0. The molecule has 0 spiro atoms. The van der Waals surface area contributed by atoms with Crippen LogP contribution >= 0.6 is 0 Å². The molecular weight excluding hydrogens is 264 g/mol.